The third-order valence-electron chi connectivity index (χ3n) is 3.85. The molecular formula is C14H29N3O2. The van der Waals surface area contributed by atoms with E-state index in [1.165, 1.54) is 6.42 Å². The number of nitrogens with one attached hydrogen (secondary N) is 1. The van der Waals surface area contributed by atoms with E-state index in [4.69, 9.17) is 10.5 Å². The highest BCUT2D eigenvalue weighted by atomic mass is 16.5. The van der Waals surface area contributed by atoms with Crippen molar-refractivity contribution in [2.45, 2.75) is 38.6 Å². The van der Waals surface area contributed by atoms with E-state index in [0.717, 1.165) is 39.1 Å². The highest BCUT2D eigenvalue weighted by Crippen LogP contribution is 2.19. The fourth-order valence-electron chi connectivity index (χ4n) is 2.74. The number of amides is 1. The Morgan fingerprint density at radius 1 is 1.58 bits per heavy atom. The topological polar surface area (TPSA) is 67.6 Å². The Morgan fingerprint density at radius 3 is 2.89 bits per heavy atom. The second-order valence-corrected chi connectivity index (χ2v) is 5.82. The van der Waals surface area contributed by atoms with E-state index in [1.54, 1.807) is 7.11 Å². The summed E-state index contributed by atoms with van der Waals surface area (Å²) in [6.07, 6.45) is 3.37. The minimum Gasteiger partial charge on any atom is -0.384 e. The van der Waals surface area contributed by atoms with Crippen molar-refractivity contribution < 1.29 is 9.53 Å². The van der Waals surface area contributed by atoms with Gasteiger partial charge in [0.05, 0.1) is 6.61 Å². The summed E-state index contributed by atoms with van der Waals surface area (Å²) in [7, 11) is 1.75. The zero-order chi connectivity index (χ0) is 14.3. The molecule has 2 unspecified atom stereocenters. The first-order chi connectivity index (χ1) is 9.01. The minimum absolute atomic E-state index is 0.269. The SMILES string of the molecule is CCCNC(C)(CN1CCCC(COC)C1)C(N)=O. The number of primary amides is 1. The molecule has 0 aromatic rings. The van der Waals surface area contributed by atoms with Crippen LogP contribution in [0.25, 0.3) is 0 Å². The molecule has 1 aliphatic rings. The molecule has 1 fully saturated rings. The molecule has 112 valence electrons. The molecule has 0 aromatic carbocycles. The first-order valence-corrected chi connectivity index (χ1v) is 7.28. The van der Waals surface area contributed by atoms with Crippen LogP contribution in [0.5, 0.6) is 0 Å². The predicted molar refractivity (Wildman–Crippen MR) is 76.9 cm³/mol. The number of nitrogens with two attached hydrogens (primary N) is 1. The monoisotopic (exact) mass is 271 g/mol. The lowest BCUT2D eigenvalue weighted by atomic mass is 9.95. The van der Waals surface area contributed by atoms with E-state index in [-0.39, 0.29) is 5.91 Å². The van der Waals surface area contributed by atoms with Crippen LogP contribution in [-0.4, -0.2) is 56.2 Å². The van der Waals surface area contributed by atoms with Gasteiger partial charge >= 0.3 is 0 Å². The van der Waals surface area contributed by atoms with E-state index in [2.05, 4.69) is 17.1 Å². The number of carbonyl (C=O) groups excluding carboxylic acids is 1. The van der Waals surface area contributed by atoms with Gasteiger partial charge in [-0.1, -0.05) is 6.92 Å². The van der Waals surface area contributed by atoms with Gasteiger partial charge in [0.1, 0.15) is 5.54 Å². The van der Waals surface area contributed by atoms with E-state index in [0.29, 0.717) is 12.5 Å². The predicted octanol–water partition coefficient (Wildman–Crippen LogP) is 0.588. The maximum absolute atomic E-state index is 11.7. The first kappa shape index (κ1) is 16.4. The number of methoxy groups -OCH3 is 1. The van der Waals surface area contributed by atoms with Crippen LogP contribution < -0.4 is 11.1 Å². The zero-order valence-electron chi connectivity index (χ0n) is 12.6. The average Bonchev–Trinajstić information content (AvgIpc) is 2.37. The lowest BCUT2D eigenvalue weighted by molar-refractivity contribution is -0.124. The van der Waals surface area contributed by atoms with Crippen LogP contribution in [0, 0.1) is 5.92 Å². The summed E-state index contributed by atoms with van der Waals surface area (Å²) in [5.41, 5.74) is 4.94. The number of hydrogen-bond acceptors (Lipinski definition) is 4. The van der Waals surface area contributed by atoms with Crippen molar-refractivity contribution in [3.8, 4) is 0 Å². The van der Waals surface area contributed by atoms with Gasteiger partial charge in [-0.2, -0.15) is 0 Å². The summed E-state index contributed by atoms with van der Waals surface area (Å²) < 4.78 is 5.24. The lowest BCUT2D eigenvalue weighted by Crippen LogP contribution is -2.60. The van der Waals surface area contributed by atoms with Crippen LogP contribution in [0.15, 0.2) is 0 Å². The number of likely N-dealkylation sites (tertiary alicyclic amines) is 1. The van der Waals surface area contributed by atoms with Crippen LogP contribution >= 0.6 is 0 Å². The molecule has 0 aliphatic carbocycles. The first-order valence-electron chi connectivity index (χ1n) is 7.28. The van der Waals surface area contributed by atoms with Crippen molar-refractivity contribution in [1.29, 1.82) is 0 Å². The third-order valence-corrected chi connectivity index (χ3v) is 3.85. The Balaban J connectivity index is 2.55. The zero-order valence-corrected chi connectivity index (χ0v) is 12.6. The number of ether oxygens (including phenoxy) is 1. The minimum atomic E-state index is -0.634. The standard InChI is InChI=1S/C14H29N3O2/c1-4-7-16-14(2,13(15)18)11-17-8-5-6-12(9-17)10-19-3/h12,16H,4-11H2,1-3H3,(H2,15,18). The Bertz CT molecular complexity index is 284. The molecule has 1 heterocycles. The second-order valence-electron chi connectivity index (χ2n) is 5.82. The van der Waals surface area contributed by atoms with Gasteiger partial charge in [-0.25, -0.2) is 0 Å². The molecule has 1 aliphatic heterocycles. The Hall–Kier alpha value is -0.650. The summed E-state index contributed by atoms with van der Waals surface area (Å²) in [6.45, 7) is 8.32. The molecule has 0 bridgehead atoms. The van der Waals surface area contributed by atoms with Crippen LogP contribution in [0.2, 0.25) is 0 Å². The lowest BCUT2D eigenvalue weighted by Gasteiger charge is -2.38. The van der Waals surface area contributed by atoms with Crippen molar-refractivity contribution in [3.05, 3.63) is 0 Å². The van der Waals surface area contributed by atoms with Crippen LogP contribution in [-0.2, 0) is 9.53 Å². The highest BCUT2D eigenvalue weighted by molar-refractivity contribution is 5.84. The molecule has 19 heavy (non-hydrogen) atoms. The summed E-state index contributed by atoms with van der Waals surface area (Å²) in [5, 5.41) is 3.29. The van der Waals surface area contributed by atoms with Crippen LogP contribution in [0.3, 0.4) is 0 Å². The quantitative estimate of drug-likeness (QED) is 0.678. The van der Waals surface area contributed by atoms with Crippen LogP contribution in [0.1, 0.15) is 33.1 Å². The summed E-state index contributed by atoms with van der Waals surface area (Å²) in [6, 6.07) is 0. The molecule has 0 aromatic heterocycles. The fraction of sp³-hybridized carbons (Fsp3) is 0.929. The molecule has 0 spiro atoms. The van der Waals surface area contributed by atoms with E-state index in [1.807, 2.05) is 6.92 Å². The van der Waals surface area contributed by atoms with E-state index in [9.17, 15) is 4.79 Å². The maximum atomic E-state index is 11.7. The van der Waals surface area contributed by atoms with Crippen molar-refractivity contribution in [2.24, 2.45) is 11.7 Å². The summed E-state index contributed by atoms with van der Waals surface area (Å²) >= 11 is 0. The van der Waals surface area contributed by atoms with Gasteiger partial charge in [-0.05, 0) is 45.2 Å². The number of hydrogen-bond donors (Lipinski definition) is 2. The highest BCUT2D eigenvalue weighted by Gasteiger charge is 2.34. The summed E-state index contributed by atoms with van der Waals surface area (Å²) in [5.74, 6) is 0.303. The van der Waals surface area contributed by atoms with Crippen LogP contribution in [0.4, 0.5) is 0 Å². The van der Waals surface area contributed by atoms with Gasteiger partial charge in [0.2, 0.25) is 5.91 Å². The normalized spacial score (nSPS) is 24.1. The molecule has 1 saturated heterocycles. The number of carbonyl (C=O) groups is 1. The fourth-order valence-corrected chi connectivity index (χ4v) is 2.74. The second kappa shape index (κ2) is 7.82. The summed E-state index contributed by atoms with van der Waals surface area (Å²) in [4.78, 5) is 14.1. The molecule has 1 amide bonds. The molecule has 3 N–H and O–H groups in total. The molecule has 1 rings (SSSR count). The van der Waals surface area contributed by atoms with Crippen molar-refractivity contribution in [1.82, 2.24) is 10.2 Å². The van der Waals surface area contributed by atoms with Crippen molar-refractivity contribution >= 4 is 5.91 Å². The van der Waals surface area contributed by atoms with Gasteiger partial charge < -0.3 is 20.7 Å². The largest absolute Gasteiger partial charge is 0.384 e. The van der Waals surface area contributed by atoms with E-state index >= 15 is 0 Å². The molecule has 5 heteroatoms. The number of rotatable bonds is 8. The Kier molecular flexibility index (Phi) is 6.75. The van der Waals surface area contributed by atoms with E-state index < -0.39 is 5.54 Å². The molecule has 2 atom stereocenters. The molecular weight excluding hydrogens is 242 g/mol. The van der Waals surface area contributed by atoms with Crippen molar-refractivity contribution in [3.63, 3.8) is 0 Å². The van der Waals surface area contributed by atoms with Gasteiger partial charge in [-0.15, -0.1) is 0 Å². The molecule has 0 radical (unpaired) electrons. The van der Waals surface area contributed by atoms with Gasteiger partial charge in [0.15, 0.2) is 0 Å². The maximum Gasteiger partial charge on any atom is 0.238 e. The smallest absolute Gasteiger partial charge is 0.238 e. The molecule has 0 saturated carbocycles. The van der Waals surface area contributed by atoms with Gasteiger partial charge in [0, 0.05) is 20.2 Å². The van der Waals surface area contributed by atoms with Crippen molar-refractivity contribution in [2.75, 3.05) is 39.9 Å². The molecule has 5 nitrogen and oxygen atoms in total. The number of nitrogens with zero attached hydrogens (tertiary/aromatic N) is 1. The number of piperidine rings is 1. The third kappa shape index (κ3) is 5.09. The van der Waals surface area contributed by atoms with Gasteiger partial charge in [-0.3, -0.25) is 4.79 Å². The van der Waals surface area contributed by atoms with Gasteiger partial charge in [0.25, 0.3) is 0 Å². The average molecular weight is 271 g/mol. The Labute approximate surface area is 116 Å². The Morgan fingerprint density at radius 2 is 2.32 bits per heavy atom.